The van der Waals surface area contributed by atoms with Crippen LogP contribution in [0.2, 0.25) is 0 Å². The Balaban J connectivity index is 0.00000261. The summed E-state index contributed by atoms with van der Waals surface area (Å²) in [6.45, 7) is 7.33. The summed E-state index contributed by atoms with van der Waals surface area (Å²) in [6, 6.07) is 3.75. The molecule has 2 aliphatic rings. The molecular formula is C18H30ClN3O3S2. The van der Waals surface area contributed by atoms with Gasteiger partial charge in [-0.15, -0.1) is 23.7 Å². The van der Waals surface area contributed by atoms with Gasteiger partial charge < -0.3 is 10.2 Å². The number of thiophene rings is 1. The van der Waals surface area contributed by atoms with E-state index >= 15 is 0 Å². The third-order valence-corrected chi connectivity index (χ3v) is 8.60. The number of aryl methyl sites for hydroxylation is 1. The smallest absolute Gasteiger partial charge is 0.252 e. The monoisotopic (exact) mass is 435 g/mol. The predicted octanol–water partition coefficient (Wildman–Crippen LogP) is 2.48. The normalized spacial score (nSPS) is 23.8. The van der Waals surface area contributed by atoms with Crippen LogP contribution in [-0.4, -0.2) is 62.3 Å². The van der Waals surface area contributed by atoms with E-state index in [1.165, 1.54) is 15.6 Å². The molecule has 1 N–H and O–H groups in total. The number of hydrogen-bond acceptors (Lipinski definition) is 5. The van der Waals surface area contributed by atoms with Gasteiger partial charge in [0.1, 0.15) is 4.21 Å². The Hall–Kier alpha value is -0.670. The van der Waals surface area contributed by atoms with Gasteiger partial charge in [0, 0.05) is 37.1 Å². The van der Waals surface area contributed by atoms with Gasteiger partial charge in [0.05, 0.1) is 5.92 Å². The summed E-state index contributed by atoms with van der Waals surface area (Å²) < 4.78 is 27.7. The second-order valence-electron chi connectivity index (χ2n) is 7.25. The van der Waals surface area contributed by atoms with E-state index < -0.39 is 10.0 Å². The zero-order chi connectivity index (χ0) is 18.7. The molecule has 2 aliphatic heterocycles. The first kappa shape index (κ1) is 22.6. The summed E-state index contributed by atoms with van der Waals surface area (Å²) in [6.07, 6.45) is 3.41. The van der Waals surface area contributed by atoms with Crippen molar-refractivity contribution in [2.24, 2.45) is 5.92 Å². The van der Waals surface area contributed by atoms with Crippen LogP contribution in [0.3, 0.4) is 0 Å². The molecule has 0 saturated carbocycles. The molecule has 0 spiro atoms. The highest BCUT2D eigenvalue weighted by Gasteiger charge is 2.37. The molecule has 2 atom stereocenters. The number of rotatable bonds is 6. The van der Waals surface area contributed by atoms with Crippen LogP contribution in [0.5, 0.6) is 0 Å². The number of amides is 1. The maximum absolute atomic E-state index is 13.2. The molecule has 1 aromatic heterocycles. The van der Waals surface area contributed by atoms with Crippen molar-refractivity contribution in [3.05, 3.63) is 17.0 Å². The molecule has 27 heavy (non-hydrogen) atoms. The van der Waals surface area contributed by atoms with Crippen LogP contribution in [0, 0.1) is 12.8 Å². The number of sulfonamides is 1. The lowest BCUT2D eigenvalue weighted by Gasteiger charge is -2.36. The van der Waals surface area contributed by atoms with Gasteiger partial charge in [-0.2, -0.15) is 4.31 Å². The van der Waals surface area contributed by atoms with Gasteiger partial charge in [-0.25, -0.2) is 8.42 Å². The maximum Gasteiger partial charge on any atom is 0.252 e. The summed E-state index contributed by atoms with van der Waals surface area (Å²) >= 11 is 1.30. The molecule has 2 unspecified atom stereocenters. The Kier molecular flexibility index (Phi) is 8.12. The van der Waals surface area contributed by atoms with Crippen molar-refractivity contribution in [3.63, 3.8) is 0 Å². The highest BCUT2D eigenvalue weighted by Crippen LogP contribution is 2.29. The van der Waals surface area contributed by atoms with Crippen molar-refractivity contribution in [2.75, 3.05) is 32.7 Å². The second kappa shape index (κ2) is 9.69. The van der Waals surface area contributed by atoms with E-state index in [0.29, 0.717) is 17.3 Å². The summed E-state index contributed by atoms with van der Waals surface area (Å²) in [7, 11) is -3.50. The van der Waals surface area contributed by atoms with E-state index in [1.807, 2.05) is 17.9 Å². The molecule has 0 aliphatic carbocycles. The minimum absolute atomic E-state index is 0. The number of hydrogen-bond donors (Lipinski definition) is 1. The highest BCUT2D eigenvalue weighted by atomic mass is 35.5. The molecule has 6 nitrogen and oxygen atoms in total. The van der Waals surface area contributed by atoms with Gasteiger partial charge in [-0.3, -0.25) is 4.79 Å². The van der Waals surface area contributed by atoms with Crippen molar-refractivity contribution >= 4 is 39.7 Å². The topological polar surface area (TPSA) is 69.7 Å². The molecule has 2 fully saturated rings. The molecule has 3 rings (SSSR count). The largest absolute Gasteiger partial charge is 0.338 e. The van der Waals surface area contributed by atoms with E-state index in [2.05, 4.69) is 12.2 Å². The molecule has 0 radical (unpaired) electrons. The first-order chi connectivity index (χ1) is 12.4. The van der Waals surface area contributed by atoms with Crippen LogP contribution in [0.4, 0.5) is 0 Å². The fourth-order valence-corrected chi connectivity index (χ4v) is 6.86. The Labute approximate surface area is 172 Å². The van der Waals surface area contributed by atoms with Gasteiger partial charge in [0.15, 0.2) is 0 Å². The number of nitrogens with zero attached hydrogens (tertiary/aromatic N) is 2. The zero-order valence-corrected chi connectivity index (χ0v) is 18.5. The predicted molar refractivity (Wildman–Crippen MR) is 111 cm³/mol. The third-order valence-electron chi connectivity index (χ3n) is 5.27. The summed E-state index contributed by atoms with van der Waals surface area (Å²) in [4.78, 5) is 16.1. The van der Waals surface area contributed by atoms with E-state index in [-0.39, 0.29) is 30.3 Å². The second-order valence-corrected chi connectivity index (χ2v) is 10.7. The lowest BCUT2D eigenvalue weighted by atomic mass is 9.97. The van der Waals surface area contributed by atoms with Crippen LogP contribution in [0.15, 0.2) is 16.3 Å². The van der Waals surface area contributed by atoms with E-state index in [4.69, 9.17) is 0 Å². The zero-order valence-electron chi connectivity index (χ0n) is 16.0. The van der Waals surface area contributed by atoms with Crippen molar-refractivity contribution in [1.29, 1.82) is 0 Å². The Morgan fingerprint density at radius 1 is 1.37 bits per heavy atom. The molecular weight excluding hydrogens is 406 g/mol. The first-order valence-electron chi connectivity index (χ1n) is 9.51. The lowest BCUT2D eigenvalue weighted by Crippen LogP contribution is -2.50. The van der Waals surface area contributed by atoms with Crippen molar-refractivity contribution in [3.8, 4) is 0 Å². The average molecular weight is 436 g/mol. The van der Waals surface area contributed by atoms with Crippen molar-refractivity contribution in [1.82, 2.24) is 14.5 Å². The Bertz CT molecular complexity index is 732. The molecule has 0 bridgehead atoms. The number of carbonyl (C=O) groups excluding carboxylic acids is 1. The van der Waals surface area contributed by atoms with Crippen LogP contribution < -0.4 is 5.32 Å². The molecule has 9 heteroatoms. The van der Waals surface area contributed by atoms with Crippen LogP contribution in [0.25, 0.3) is 0 Å². The molecule has 1 amide bonds. The van der Waals surface area contributed by atoms with Gasteiger partial charge in [-0.05, 0) is 51.3 Å². The minimum atomic E-state index is -3.50. The van der Waals surface area contributed by atoms with E-state index in [0.717, 1.165) is 50.2 Å². The SMILES string of the molecule is CCCN(C(=O)C1CCCN(S(=O)(=O)c2ccc(C)s2)C1)C1CCNC1.Cl. The van der Waals surface area contributed by atoms with Crippen molar-refractivity contribution < 1.29 is 13.2 Å². The van der Waals surface area contributed by atoms with Gasteiger partial charge in [-0.1, -0.05) is 6.92 Å². The summed E-state index contributed by atoms with van der Waals surface area (Å²) in [5, 5.41) is 3.33. The lowest BCUT2D eigenvalue weighted by molar-refractivity contribution is -0.138. The van der Waals surface area contributed by atoms with Gasteiger partial charge >= 0.3 is 0 Å². The van der Waals surface area contributed by atoms with Crippen LogP contribution >= 0.6 is 23.7 Å². The fraction of sp³-hybridized carbons (Fsp3) is 0.722. The van der Waals surface area contributed by atoms with Gasteiger partial charge in [0.25, 0.3) is 10.0 Å². The number of halogens is 1. The molecule has 154 valence electrons. The Morgan fingerprint density at radius 3 is 2.74 bits per heavy atom. The Morgan fingerprint density at radius 2 is 2.15 bits per heavy atom. The molecule has 3 heterocycles. The average Bonchev–Trinajstić information content (AvgIpc) is 3.31. The number of carbonyl (C=O) groups is 1. The van der Waals surface area contributed by atoms with E-state index in [1.54, 1.807) is 6.07 Å². The van der Waals surface area contributed by atoms with E-state index in [9.17, 15) is 13.2 Å². The summed E-state index contributed by atoms with van der Waals surface area (Å²) in [5.74, 6) is -0.102. The third kappa shape index (κ3) is 5.03. The number of nitrogens with one attached hydrogen (secondary N) is 1. The maximum atomic E-state index is 13.2. The van der Waals surface area contributed by atoms with Crippen LogP contribution in [-0.2, 0) is 14.8 Å². The summed E-state index contributed by atoms with van der Waals surface area (Å²) in [5.41, 5.74) is 0. The van der Waals surface area contributed by atoms with Gasteiger partial charge in [0.2, 0.25) is 5.91 Å². The highest BCUT2D eigenvalue weighted by molar-refractivity contribution is 7.91. The molecule has 2 saturated heterocycles. The quantitative estimate of drug-likeness (QED) is 0.745. The minimum Gasteiger partial charge on any atom is -0.338 e. The standard InChI is InChI=1S/C18H29N3O3S2.ClH/c1-3-10-21(16-8-9-19-12-16)18(22)15-5-4-11-20(13-15)26(23,24)17-7-6-14(2)25-17;/h6-7,15-16,19H,3-5,8-13H2,1-2H3;1H. The van der Waals surface area contributed by atoms with Crippen LogP contribution in [0.1, 0.15) is 37.5 Å². The number of piperidine rings is 1. The van der Waals surface area contributed by atoms with Crippen molar-refractivity contribution in [2.45, 2.75) is 49.8 Å². The molecule has 1 aromatic rings. The first-order valence-corrected chi connectivity index (χ1v) is 11.8. The fourth-order valence-electron chi connectivity index (χ4n) is 3.89. The molecule has 0 aromatic carbocycles.